The van der Waals surface area contributed by atoms with Crippen LogP contribution in [0.3, 0.4) is 0 Å². The fourth-order valence-electron chi connectivity index (χ4n) is 3.94. The molecule has 2 amide bonds. The molecule has 2 aromatic carbocycles. The Morgan fingerprint density at radius 1 is 0.857 bits per heavy atom. The van der Waals surface area contributed by atoms with Gasteiger partial charge in [-0.3, -0.25) is 15.0 Å². The van der Waals surface area contributed by atoms with Crippen LogP contribution in [0.5, 0.6) is 0 Å². The summed E-state index contributed by atoms with van der Waals surface area (Å²) in [6.07, 6.45) is 2.70. The van der Waals surface area contributed by atoms with Crippen molar-refractivity contribution < 1.29 is 9.59 Å². The molecule has 8 heteroatoms. The lowest BCUT2D eigenvalue weighted by atomic mass is 10.1. The number of pyridine rings is 1. The SMILES string of the molecule is Cc1ccc(NC(=O)c2ccccc2NC(=O)c2ccc(C(=N)N3CCCN(C)CC3)cc2)nc1. The number of aromatic nitrogens is 1. The minimum absolute atomic E-state index is 0.326. The van der Waals surface area contributed by atoms with E-state index in [1.54, 1.807) is 60.8 Å². The van der Waals surface area contributed by atoms with Gasteiger partial charge in [-0.25, -0.2) is 4.98 Å². The first-order chi connectivity index (χ1) is 16.9. The van der Waals surface area contributed by atoms with Gasteiger partial charge in [0.2, 0.25) is 0 Å². The second-order valence-electron chi connectivity index (χ2n) is 8.74. The van der Waals surface area contributed by atoms with Gasteiger partial charge in [0, 0.05) is 37.0 Å². The molecule has 35 heavy (non-hydrogen) atoms. The third-order valence-corrected chi connectivity index (χ3v) is 6.03. The Balaban J connectivity index is 1.43. The summed E-state index contributed by atoms with van der Waals surface area (Å²) < 4.78 is 0. The summed E-state index contributed by atoms with van der Waals surface area (Å²) in [6.45, 7) is 5.54. The highest BCUT2D eigenvalue weighted by atomic mass is 16.2. The summed E-state index contributed by atoms with van der Waals surface area (Å²) in [5.74, 6) is 0.229. The van der Waals surface area contributed by atoms with E-state index in [2.05, 4.69) is 32.5 Å². The second-order valence-corrected chi connectivity index (χ2v) is 8.74. The first kappa shape index (κ1) is 24.1. The molecule has 0 radical (unpaired) electrons. The van der Waals surface area contributed by atoms with Crippen molar-refractivity contribution in [3.05, 3.63) is 89.1 Å². The molecule has 1 fully saturated rings. The predicted molar refractivity (Wildman–Crippen MR) is 138 cm³/mol. The lowest BCUT2D eigenvalue weighted by Crippen LogP contribution is -2.34. The normalized spacial score (nSPS) is 14.2. The smallest absolute Gasteiger partial charge is 0.258 e. The van der Waals surface area contributed by atoms with Crippen molar-refractivity contribution in [2.45, 2.75) is 13.3 Å². The number of hydrogen-bond donors (Lipinski definition) is 3. The van der Waals surface area contributed by atoms with Gasteiger partial charge in [-0.05, 0) is 62.8 Å². The molecule has 0 spiro atoms. The summed E-state index contributed by atoms with van der Waals surface area (Å²) in [7, 11) is 2.10. The molecule has 1 aromatic heterocycles. The molecule has 1 saturated heterocycles. The fourth-order valence-corrected chi connectivity index (χ4v) is 3.94. The number of likely N-dealkylation sites (N-methyl/N-ethyl adjacent to an activating group) is 1. The van der Waals surface area contributed by atoms with Gasteiger partial charge in [-0.15, -0.1) is 0 Å². The van der Waals surface area contributed by atoms with Crippen molar-refractivity contribution in [2.24, 2.45) is 0 Å². The Labute approximate surface area is 205 Å². The van der Waals surface area contributed by atoms with Crippen molar-refractivity contribution in [1.82, 2.24) is 14.8 Å². The molecule has 0 unspecified atom stereocenters. The number of nitrogens with zero attached hydrogens (tertiary/aromatic N) is 3. The van der Waals surface area contributed by atoms with Gasteiger partial charge in [0.05, 0.1) is 11.3 Å². The Bertz CT molecular complexity index is 1210. The number of nitrogens with one attached hydrogen (secondary N) is 3. The van der Waals surface area contributed by atoms with Crippen molar-refractivity contribution >= 4 is 29.2 Å². The van der Waals surface area contributed by atoms with Gasteiger partial charge in [0.15, 0.2) is 0 Å². The highest BCUT2D eigenvalue weighted by Gasteiger charge is 2.18. The van der Waals surface area contributed by atoms with Crippen LogP contribution in [-0.2, 0) is 0 Å². The summed E-state index contributed by atoms with van der Waals surface area (Å²) >= 11 is 0. The predicted octanol–water partition coefficient (Wildman–Crippen LogP) is 3.86. The van der Waals surface area contributed by atoms with Crippen molar-refractivity contribution in [2.75, 3.05) is 43.9 Å². The maximum Gasteiger partial charge on any atom is 0.258 e. The van der Waals surface area contributed by atoms with Gasteiger partial charge in [-0.1, -0.05) is 30.3 Å². The third kappa shape index (κ3) is 6.10. The number of rotatable bonds is 5. The van der Waals surface area contributed by atoms with E-state index >= 15 is 0 Å². The number of aryl methyl sites for hydroxylation is 1. The molecular weight excluding hydrogens is 440 g/mol. The molecule has 3 N–H and O–H groups in total. The van der Waals surface area contributed by atoms with Crippen LogP contribution in [0.2, 0.25) is 0 Å². The molecule has 1 aliphatic heterocycles. The summed E-state index contributed by atoms with van der Waals surface area (Å²) in [4.78, 5) is 34.3. The van der Waals surface area contributed by atoms with Crippen LogP contribution in [0.4, 0.5) is 11.5 Å². The quantitative estimate of drug-likeness (QED) is 0.388. The zero-order chi connectivity index (χ0) is 24.8. The molecule has 3 aromatic rings. The van der Waals surface area contributed by atoms with Crippen LogP contribution >= 0.6 is 0 Å². The largest absolute Gasteiger partial charge is 0.355 e. The number of para-hydroxylation sites is 1. The summed E-state index contributed by atoms with van der Waals surface area (Å²) in [5.41, 5.74) is 2.97. The molecule has 0 bridgehead atoms. The number of amidine groups is 1. The molecule has 8 nitrogen and oxygen atoms in total. The minimum Gasteiger partial charge on any atom is -0.355 e. The molecule has 0 atom stereocenters. The van der Waals surface area contributed by atoms with Crippen molar-refractivity contribution in [3.63, 3.8) is 0 Å². The van der Waals surface area contributed by atoms with Crippen LogP contribution in [-0.4, -0.2) is 65.7 Å². The van der Waals surface area contributed by atoms with Crippen molar-refractivity contribution in [3.8, 4) is 0 Å². The average Bonchev–Trinajstić information content (AvgIpc) is 3.09. The van der Waals surface area contributed by atoms with E-state index in [1.807, 2.05) is 13.0 Å². The number of anilines is 2. The monoisotopic (exact) mass is 470 g/mol. The fraction of sp³-hybridized carbons (Fsp3) is 0.259. The van der Waals surface area contributed by atoms with Gasteiger partial charge >= 0.3 is 0 Å². The number of carbonyl (C=O) groups is 2. The average molecular weight is 471 g/mol. The maximum atomic E-state index is 12.9. The Kier molecular flexibility index (Phi) is 7.52. The van der Waals surface area contributed by atoms with Crippen LogP contribution < -0.4 is 10.6 Å². The van der Waals surface area contributed by atoms with E-state index in [-0.39, 0.29) is 11.8 Å². The van der Waals surface area contributed by atoms with Crippen LogP contribution in [0.25, 0.3) is 0 Å². The Hall–Kier alpha value is -4.04. The van der Waals surface area contributed by atoms with Crippen LogP contribution in [0, 0.1) is 12.3 Å². The number of carbonyl (C=O) groups excluding carboxylic acids is 2. The first-order valence-corrected chi connectivity index (χ1v) is 11.7. The van der Waals surface area contributed by atoms with Gasteiger partial charge in [0.1, 0.15) is 11.7 Å². The molecule has 4 rings (SSSR count). The number of amides is 2. The first-order valence-electron chi connectivity index (χ1n) is 11.7. The van der Waals surface area contributed by atoms with Gasteiger partial charge in [0.25, 0.3) is 11.8 Å². The maximum absolute atomic E-state index is 12.9. The minimum atomic E-state index is -0.357. The molecule has 0 aliphatic carbocycles. The highest BCUT2D eigenvalue weighted by molar-refractivity contribution is 6.12. The van der Waals surface area contributed by atoms with Crippen molar-refractivity contribution in [1.29, 1.82) is 5.41 Å². The molecule has 0 saturated carbocycles. The van der Waals surface area contributed by atoms with Gasteiger partial charge < -0.3 is 20.4 Å². The summed E-state index contributed by atoms with van der Waals surface area (Å²) in [6, 6.07) is 17.5. The Morgan fingerprint density at radius 3 is 2.34 bits per heavy atom. The number of hydrogen-bond acceptors (Lipinski definition) is 5. The number of benzene rings is 2. The zero-order valence-corrected chi connectivity index (χ0v) is 20.0. The van der Waals surface area contributed by atoms with E-state index in [9.17, 15) is 9.59 Å². The topological polar surface area (TPSA) is 101 Å². The molecular formula is C27H30N6O2. The van der Waals surface area contributed by atoms with Crippen LogP contribution in [0.15, 0.2) is 66.9 Å². The Morgan fingerprint density at radius 2 is 1.60 bits per heavy atom. The van der Waals surface area contributed by atoms with E-state index in [4.69, 9.17) is 5.41 Å². The zero-order valence-electron chi connectivity index (χ0n) is 20.0. The third-order valence-electron chi connectivity index (χ3n) is 6.03. The summed E-state index contributed by atoms with van der Waals surface area (Å²) in [5, 5.41) is 14.2. The van der Waals surface area contributed by atoms with E-state index < -0.39 is 0 Å². The van der Waals surface area contributed by atoms with E-state index in [1.165, 1.54) is 0 Å². The molecule has 1 aliphatic rings. The standard InChI is InChI=1S/C27H30N6O2/c1-19-8-13-24(29-18-19)31-27(35)22-6-3-4-7-23(22)30-26(34)21-11-9-20(10-12-21)25(28)33-15-5-14-32(2)16-17-33/h3-4,6-13,18,28H,5,14-17H2,1-2H3,(H,30,34)(H,29,31,35). The highest BCUT2D eigenvalue weighted by Crippen LogP contribution is 2.19. The molecule has 180 valence electrons. The second kappa shape index (κ2) is 10.9. The lowest BCUT2D eigenvalue weighted by molar-refractivity contribution is 0.102. The van der Waals surface area contributed by atoms with E-state index in [0.29, 0.717) is 28.5 Å². The van der Waals surface area contributed by atoms with Crippen LogP contribution in [0.1, 0.15) is 38.3 Å². The van der Waals surface area contributed by atoms with E-state index in [0.717, 1.165) is 43.7 Å². The molecule has 2 heterocycles. The lowest BCUT2D eigenvalue weighted by Gasteiger charge is -2.23. The van der Waals surface area contributed by atoms with Gasteiger partial charge in [-0.2, -0.15) is 0 Å².